The minimum atomic E-state index is -0.903. The van der Waals surface area contributed by atoms with E-state index in [-0.39, 0.29) is 12.6 Å². The zero-order valence-electron chi connectivity index (χ0n) is 7.83. The Morgan fingerprint density at radius 3 is 2.93 bits per heavy atom. The standard InChI is InChI=1S/C8H14N2O4/c1-3-10-6-5(9)7(12)4(2-11)14-8(6)13-3/h4-8,11-12H,2,9H2,1H3/t4-,5-,6+,7+,8-/m1/s1. The van der Waals surface area contributed by atoms with Crippen LogP contribution in [0.1, 0.15) is 6.92 Å². The van der Waals surface area contributed by atoms with Crippen molar-refractivity contribution in [1.82, 2.24) is 0 Å². The molecule has 1 fully saturated rings. The van der Waals surface area contributed by atoms with E-state index in [9.17, 15) is 5.11 Å². The largest absolute Gasteiger partial charge is 0.450 e. The molecule has 0 amide bonds. The van der Waals surface area contributed by atoms with Gasteiger partial charge in [0.2, 0.25) is 6.29 Å². The summed E-state index contributed by atoms with van der Waals surface area (Å²) in [5.41, 5.74) is 5.76. The molecule has 0 aromatic heterocycles. The first kappa shape index (κ1) is 9.85. The predicted octanol–water partition coefficient (Wildman–Crippen LogP) is -1.79. The van der Waals surface area contributed by atoms with Crippen LogP contribution in [0.3, 0.4) is 0 Å². The highest BCUT2D eigenvalue weighted by Gasteiger charge is 2.47. The molecule has 2 aliphatic heterocycles. The van der Waals surface area contributed by atoms with Gasteiger partial charge < -0.3 is 25.4 Å². The van der Waals surface area contributed by atoms with Crippen LogP contribution in [0.15, 0.2) is 4.99 Å². The Morgan fingerprint density at radius 1 is 1.57 bits per heavy atom. The molecule has 0 spiro atoms. The van der Waals surface area contributed by atoms with Crippen molar-refractivity contribution in [2.75, 3.05) is 6.61 Å². The van der Waals surface area contributed by atoms with E-state index < -0.39 is 24.5 Å². The second kappa shape index (κ2) is 3.47. The van der Waals surface area contributed by atoms with Crippen LogP contribution < -0.4 is 5.73 Å². The lowest BCUT2D eigenvalue weighted by Crippen LogP contribution is -2.60. The molecule has 2 rings (SSSR count). The Bertz CT molecular complexity index is 258. The summed E-state index contributed by atoms with van der Waals surface area (Å²) < 4.78 is 10.5. The summed E-state index contributed by atoms with van der Waals surface area (Å²) in [7, 11) is 0. The number of aliphatic hydroxyl groups is 2. The molecule has 0 bridgehead atoms. The maximum absolute atomic E-state index is 9.64. The second-order valence-corrected chi connectivity index (χ2v) is 3.55. The topological polar surface area (TPSA) is 97.3 Å². The van der Waals surface area contributed by atoms with Gasteiger partial charge in [-0.05, 0) is 0 Å². The molecule has 0 radical (unpaired) electrons. The van der Waals surface area contributed by atoms with Gasteiger partial charge in [-0.1, -0.05) is 0 Å². The van der Waals surface area contributed by atoms with Crippen molar-refractivity contribution in [2.45, 2.75) is 37.5 Å². The number of rotatable bonds is 1. The van der Waals surface area contributed by atoms with Crippen LogP contribution in [0.25, 0.3) is 0 Å². The Morgan fingerprint density at radius 2 is 2.29 bits per heavy atom. The van der Waals surface area contributed by atoms with Crippen molar-refractivity contribution in [3.63, 3.8) is 0 Å². The van der Waals surface area contributed by atoms with E-state index in [4.69, 9.17) is 20.3 Å². The molecule has 2 heterocycles. The molecular weight excluding hydrogens is 188 g/mol. The zero-order valence-corrected chi connectivity index (χ0v) is 7.83. The van der Waals surface area contributed by atoms with Crippen LogP contribution >= 0.6 is 0 Å². The molecule has 6 nitrogen and oxygen atoms in total. The predicted molar refractivity (Wildman–Crippen MR) is 47.7 cm³/mol. The Hall–Kier alpha value is -0.690. The first-order valence-corrected chi connectivity index (χ1v) is 4.54. The fourth-order valence-electron chi connectivity index (χ4n) is 1.77. The maximum Gasteiger partial charge on any atom is 0.226 e. The highest BCUT2D eigenvalue weighted by Crippen LogP contribution is 2.27. The third kappa shape index (κ3) is 1.40. The number of aliphatic imine (C=N–C) groups is 1. The molecular formula is C8H14N2O4. The van der Waals surface area contributed by atoms with E-state index in [2.05, 4.69) is 4.99 Å². The Balaban J connectivity index is 2.14. The van der Waals surface area contributed by atoms with Crippen molar-refractivity contribution in [1.29, 1.82) is 0 Å². The first-order valence-electron chi connectivity index (χ1n) is 4.54. The van der Waals surface area contributed by atoms with Crippen LogP contribution in [-0.2, 0) is 9.47 Å². The van der Waals surface area contributed by atoms with Gasteiger partial charge in [0.1, 0.15) is 12.1 Å². The molecule has 0 aliphatic carbocycles. The van der Waals surface area contributed by atoms with Crippen molar-refractivity contribution in [3.05, 3.63) is 0 Å². The molecule has 5 atom stereocenters. The molecule has 0 aromatic rings. The summed E-state index contributed by atoms with van der Waals surface area (Å²) >= 11 is 0. The van der Waals surface area contributed by atoms with Crippen LogP contribution in [0.2, 0.25) is 0 Å². The van der Waals surface area contributed by atoms with Gasteiger partial charge in [0.25, 0.3) is 0 Å². The molecule has 0 saturated carbocycles. The van der Waals surface area contributed by atoms with E-state index >= 15 is 0 Å². The van der Waals surface area contributed by atoms with Gasteiger partial charge in [0.15, 0.2) is 5.90 Å². The van der Waals surface area contributed by atoms with Crippen LogP contribution in [0, 0.1) is 0 Å². The number of nitrogens with zero attached hydrogens (tertiary/aromatic N) is 1. The normalized spacial score (nSPS) is 46.9. The van der Waals surface area contributed by atoms with Crippen molar-refractivity contribution in [3.8, 4) is 0 Å². The Labute approximate surface area is 81.3 Å². The number of hydrogen-bond donors (Lipinski definition) is 3. The second-order valence-electron chi connectivity index (χ2n) is 3.55. The van der Waals surface area contributed by atoms with Crippen molar-refractivity contribution >= 4 is 5.90 Å². The lowest BCUT2D eigenvalue weighted by molar-refractivity contribution is -0.206. The summed E-state index contributed by atoms with van der Waals surface area (Å²) in [6.45, 7) is 1.43. The van der Waals surface area contributed by atoms with Crippen LogP contribution in [-0.4, -0.2) is 53.3 Å². The lowest BCUT2D eigenvalue weighted by atomic mass is 9.96. The first-order chi connectivity index (χ1) is 6.63. The number of ether oxygens (including phenoxy) is 2. The minimum absolute atomic E-state index is 0.277. The maximum atomic E-state index is 9.64. The lowest BCUT2D eigenvalue weighted by Gasteiger charge is -2.37. The van der Waals surface area contributed by atoms with Crippen LogP contribution in [0.5, 0.6) is 0 Å². The van der Waals surface area contributed by atoms with Gasteiger partial charge in [-0.2, -0.15) is 0 Å². The molecule has 0 aromatic carbocycles. The molecule has 1 saturated heterocycles. The molecule has 4 N–H and O–H groups in total. The molecule has 80 valence electrons. The van der Waals surface area contributed by atoms with E-state index in [0.29, 0.717) is 5.90 Å². The van der Waals surface area contributed by atoms with Gasteiger partial charge in [-0.25, -0.2) is 4.99 Å². The van der Waals surface area contributed by atoms with E-state index in [1.165, 1.54) is 0 Å². The summed E-state index contributed by atoms with van der Waals surface area (Å²) in [5, 5.41) is 18.6. The van der Waals surface area contributed by atoms with Gasteiger partial charge in [-0.15, -0.1) is 0 Å². The van der Waals surface area contributed by atoms with Gasteiger partial charge in [0.05, 0.1) is 18.8 Å². The van der Waals surface area contributed by atoms with Gasteiger partial charge in [0, 0.05) is 6.92 Å². The van der Waals surface area contributed by atoms with Crippen molar-refractivity contribution < 1.29 is 19.7 Å². The third-order valence-electron chi connectivity index (χ3n) is 2.55. The third-order valence-corrected chi connectivity index (χ3v) is 2.55. The summed E-state index contributed by atoms with van der Waals surface area (Å²) in [6, 6.07) is -0.920. The van der Waals surface area contributed by atoms with Crippen molar-refractivity contribution in [2.24, 2.45) is 10.7 Å². The minimum Gasteiger partial charge on any atom is -0.450 e. The van der Waals surface area contributed by atoms with Gasteiger partial charge in [-0.3, -0.25) is 0 Å². The highest BCUT2D eigenvalue weighted by molar-refractivity contribution is 5.75. The smallest absolute Gasteiger partial charge is 0.226 e. The molecule has 0 unspecified atom stereocenters. The fraction of sp³-hybridized carbons (Fsp3) is 0.875. The quantitative estimate of drug-likeness (QED) is 0.466. The SMILES string of the molecule is CC1=N[C@@H]2[C@H](O1)O[C@H](CO)[C@H](O)[C@@H]2N. The summed E-state index contributed by atoms with van der Waals surface area (Å²) in [5.74, 6) is 0.501. The van der Waals surface area contributed by atoms with Gasteiger partial charge >= 0.3 is 0 Å². The summed E-state index contributed by atoms with van der Waals surface area (Å²) in [4.78, 5) is 4.11. The Kier molecular flexibility index (Phi) is 2.44. The van der Waals surface area contributed by atoms with E-state index in [1.54, 1.807) is 6.92 Å². The number of aliphatic hydroxyl groups excluding tert-OH is 2. The van der Waals surface area contributed by atoms with Crippen LogP contribution in [0.4, 0.5) is 0 Å². The average Bonchev–Trinajstić information content (AvgIpc) is 2.52. The number of nitrogens with two attached hydrogens (primary N) is 1. The fourth-order valence-corrected chi connectivity index (χ4v) is 1.77. The monoisotopic (exact) mass is 202 g/mol. The van der Waals surface area contributed by atoms with E-state index in [1.807, 2.05) is 0 Å². The number of hydrogen-bond acceptors (Lipinski definition) is 6. The highest BCUT2D eigenvalue weighted by atomic mass is 16.7. The molecule has 6 heteroatoms. The van der Waals surface area contributed by atoms with E-state index in [0.717, 1.165) is 0 Å². The zero-order chi connectivity index (χ0) is 10.3. The summed E-state index contributed by atoms with van der Waals surface area (Å²) in [6.07, 6.45) is -2.16. The number of fused-ring (bicyclic) bond motifs is 1. The average molecular weight is 202 g/mol. The molecule has 2 aliphatic rings. The molecule has 14 heavy (non-hydrogen) atoms.